The Kier molecular flexibility index (Phi) is 2.08. The molecule has 0 amide bonds. The number of benzene rings is 1. The monoisotopic (exact) mass is 202 g/mol. The highest BCUT2D eigenvalue weighted by atomic mass is 15.3. The van der Waals surface area contributed by atoms with Crippen LogP contribution < -0.4 is 5.32 Å². The Morgan fingerprint density at radius 1 is 1.20 bits per heavy atom. The zero-order valence-corrected chi connectivity index (χ0v) is 9.24. The molecule has 3 rings (SSSR count). The number of nitrogens with one attached hydrogen (secondary N) is 1. The zero-order chi connectivity index (χ0) is 10.3. The predicted octanol–water partition coefficient (Wildman–Crippen LogP) is 1.58. The second kappa shape index (κ2) is 3.32. The van der Waals surface area contributed by atoms with Crippen LogP contribution in [0.2, 0.25) is 0 Å². The summed E-state index contributed by atoms with van der Waals surface area (Å²) >= 11 is 0. The van der Waals surface area contributed by atoms with Crippen molar-refractivity contribution >= 4 is 0 Å². The van der Waals surface area contributed by atoms with Crippen LogP contribution in [0.4, 0.5) is 0 Å². The van der Waals surface area contributed by atoms with Gasteiger partial charge in [-0.3, -0.25) is 4.90 Å². The molecule has 1 aliphatic carbocycles. The highest BCUT2D eigenvalue weighted by molar-refractivity contribution is 5.30. The molecule has 0 bridgehead atoms. The first-order valence-electron chi connectivity index (χ1n) is 5.82. The van der Waals surface area contributed by atoms with Crippen molar-refractivity contribution in [2.75, 3.05) is 20.1 Å². The average molecular weight is 202 g/mol. The van der Waals surface area contributed by atoms with Gasteiger partial charge in [0.15, 0.2) is 0 Å². The molecular formula is C13H18N2. The SMILES string of the molecule is CN(C1CNC1)C1(c2ccccc2)CC1. The van der Waals surface area contributed by atoms with Crippen molar-refractivity contribution in [3.05, 3.63) is 35.9 Å². The Morgan fingerprint density at radius 2 is 1.87 bits per heavy atom. The van der Waals surface area contributed by atoms with Crippen LogP contribution in [-0.2, 0) is 5.54 Å². The number of hydrogen-bond acceptors (Lipinski definition) is 2. The fourth-order valence-electron chi connectivity index (χ4n) is 2.61. The van der Waals surface area contributed by atoms with Crippen LogP contribution in [0.3, 0.4) is 0 Å². The molecule has 2 aliphatic rings. The maximum atomic E-state index is 3.35. The minimum atomic E-state index is 0.369. The molecule has 1 saturated carbocycles. The quantitative estimate of drug-likeness (QED) is 0.800. The summed E-state index contributed by atoms with van der Waals surface area (Å²) in [7, 11) is 2.28. The van der Waals surface area contributed by atoms with E-state index in [-0.39, 0.29) is 0 Å². The highest BCUT2D eigenvalue weighted by Crippen LogP contribution is 2.51. The Labute approximate surface area is 91.3 Å². The van der Waals surface area contributed by atoms with Crippen molar-refractivity contribution in [1.82, 2.24) is 10.2 Å². The van der Waals surface area contributed by atoms with Crippen LogP contribution in [-0.4, -0.2) is 31.1 Å². The molecule has 1 N–H and O–H groups in total. The fraction of sp³-hybridized carbons (Fsp3) is 0.538. The molecule has 1 aromatic carbocycles. The number of hydrogen-bond donors (Lipinski definition) is 1. The molecule has 2 fully saturated rings. The van der Waals surface area contributed by atoms with E-state index in [4.69, 9.17) is 0 Å². The first kappa shape index (κ1) is 9.37. The van der Waals surface area contributed by atoms with Gasteiger partial charge in [0.05, 0.1) is 0 Å². The zero-order valence-electron chi connectivity index (χ0n) is 9.24. The third-order valence-corrected chi connectivity index (χ3v) is 4.02. The van der Waals surface area contributed by atoms with Crippen molar-refractivity contribution < 1.29 is 0 Å². The van der Waals surface area contributed by atoms with Crippen molar-refractivity contribution in [2.24, 2.45) is 0 Å². The van der Waals surface area contributed by atoms with Crippen LogP contribution in [0.5, 0.6) is 0 Å². The number of nitrogens with zero attached hydrogens (tertiary/aromatic N) is 1. The van der Waals surface area contributed by atoms with Crippen molar-refractivity contribution in [2.45, 2.75) is 24.4 Å². The van der Waals surface area contributed by atoms with E-state index in [1.807, 2.05) is 0 Å². The first-order valence-corrected chi connectivity index (χ1v) is 5.82. The van der Waals surface area contributed by atoms with Crippen LogP contribution in [0.25, 0.3) is 0 Å². The maximum absolute atomic E-state index is 3.35. The molecule has 1 aliphatic heterocycles. The Bertz CT molecular complexity index is 339. The maximum Gasteiger partial charge on any atom is 0.0463 e. The van der Waals surface area contributed by atoms with E-state index in [0.717, 1.165) is 19.1 Å². The van der Waals surface area contributed by atoms with Gasteiger partial charge in [0.2, 0.25) is 0 Å². The molecule has 1 heterocycles. The molecule has 0 radical (unpaired) electrons. The molecule has 0 aromatic heterocycles. The van der Waals surface area contributed by atoms with Gasteiger partial charge >= 0.3 is 0 Å². The number of rotatable bonds is 3. The standard InChI is InChI=1S/C13H18N2/c1-15(12-9-14-10-12)13(7-8-13)11-5-3-2-4-6-11/h2-6,12,14H,7-10H2,1H3. The molecule has 15 heavy (non-hydrogen) atoms. The lowest BCUT2D eigenvalue weighted by Crippen LogP contribution is -2.58. The molecule has 1 saturated heterocycles. The minimum Gasteiger partial charge on any atom is -0.314 e. The molecule has 2 nitrogen and oxygen atoms in total. The number of likely N-dealkylation sites (N-methyl/N-ethyl adjacent to an activating group) is 1. The van der Waals surface area contributed by atoms with E-state index < -0.39 is 0 Å². The molecule has 80 valence electrons. The molecular weight excluding hydrogens is 184 g/mol. The summed E-state index contributed by atoms with van der Waals surface area (Å²) in [4.78, 5) is 2.58. The van der Waals surface area contributed by atoms with Gasteiger partial charge in [-0.25, -0.2) is 0 Å². The summed E-state index contributed by atoms with van der Waals surface area (Å²) in [6.07, 6.45) is 2.65. The lowest BCUT2D eigenvalue weighted by molar-refractivity contribution is 0.111. The second-order valence-corrected chi connectivity index (χ2v) is 4.82. The lowest BCUT2D eigenvalue weighted by atomic mass is 10.00. The van der Waals surface area contributed by atoms with Crippen LogP contribution in [0.15, 0.2) is 30.3 Å². The summed E-state index contributed by atoms with van der Waals surface area (Å²) in [5.41, 5.74) is 1.87. The Morgan fingerprint density at radius 3 is 2.33 bits per heavy atom. The van der Waals surface area contributed by atoms with E-state index in [9.17, 15) is 0 Å². The van der Waals surface area contributed by atoms with Gasteiger partial charge in [0.25, 0.3) is 0 Å². The summed E-state index contributed by atoms with van der Waals surface area (Å²) < 4.78 is 0. The van der Waals surface area contributed by atoms with E-state index in [1.54, 1.807) is 0 Å². The van der Waals surface area contributed by atoms with Gasteiger partial charge in [-0.2, -0.15) is 0 Å². The second-order valence-electron chi connectivity index (χ2n) is 4.82. The molecule has 1 aromatic rings. The topological polar surface area (TPSA) is 15.3 Å². The van der Waals surface area contributed by atoms with Crippen LogP contribution in [0.1, 0.15) is 18.4 Å². The molecule has 0 atom stereocenters. The van der Waals surface area contributed by atoms with Crippen molar-refractivity contribution in [1.29, 1.82) is 0 Å². The summed E-state index contributed by atoms with van der Waals surface area (Å²) in [6, 6.07) is 11.7. The lowest BCUT2D eigenvalue weighted by Gasteiger charge is -2.41. The Balaban J connectivity index is 1.84. The van der Waals surface area contributed by atoms with Gasteiger partial charge in [0, 0.05) is 24.7 Å². The largest absolute Gasteiger partial charge is 0.314 e. The molecule has 0 spiro atoms. The van der Waals surface area contributed by atoms with Crippen molar-refractivity contribution in [3.63, 3.8) is 0 Å². The third kappa shape index (κ3) is 1.40. The Hall–Kier alpha value is -0.860. The van der Waals surface area contributed by atoms with Gasteiger partial charge in [0.1, 0.15) is 0 Å². The van der Waals surface area contributed by atoms with Gasteiger partial charge in [-0.15, -0.1) is 0 Å². The predicted molar refractivity (Wildman–Crippen MR) is 61.8 cm³/mol. The normalized spacial score (nSPS) is 23.9. The van der Waals surface area contributed by atoms with E-state index in [0.29, 0.717) is 5.54 Å². The summed E-state index contributed by atoms with van der Waals surface area (Å²) in [5.74, 6) is 0. The van der Waals surface area contributed by atoms with E-state index in [1.165, 1.54) is 18.4 Å². The molecule has 2 heteroatoms. The minimum absolute atomic E-state index is 0.369. The highest BCUT2D eigenvalue weighted by Gasteiger charge is 2.50. The average Bonchev–Trinajstić information content (AvgIpc) is 2.97. The fourth-order valence-corrected chi connectivity index (χ4v) is 2.61. The summed E-state index contributed by atoms with van der Waals surface area (Å²) in [6.45, 7) is 2.32. The van der Waals surface area contributed by atoms with Crippen molar-refractivity contribution in [3.8, 4) is 0 Å². The van der Waals surface area contributed by atoms with E-state index >= 15 is 0 Å². The van der Waals surface area contributed by atoms with Gasteiger partial charge in [-0.05, 0) is 25.5 Å². The van der Waals surface area contributed by atoms with Gasteiger partial charge in [-0.1, -0.05) is 30.3 Å². The van der Waals surface area contributed by atoms with Gasteiger partial charge < -0.3 is 5.32 Å². The molecule has 0 unspecified atom stereocenters. The summed E-state index contributed by atoms with van der Waals surface area (Å²) in [5, 5.41) is 3.35. The third-order valence-electron chi connectivity index (χ3n) is 4.02. The van der Waals surface area contributed by atoms with Crippen LogP contribution in [0, 0.1) is 0 Å². The smallest absolute Gasteiger partial charge is 0.0463 e. The van der Waals surface area contributed by atoms with Crippen LogP contribution >= 0.6 is 0 Å². The first-order chi connectivity index (χ1) is 7.33. The van der Waals surface area contributed by atoms with E-state index in [2.05, 4.69) is 47.6 Å².